The highest BCUT2D eigenvalue weighted by Crippen LogP contribution is 2.20. The average molecular weight is 346 g/mol. The van der Waals surface area contributed by atoms with Crippen LogP contribution in [0.4, 0.5) is 13.2 Å². The lowest BCUT2D eigenvalue weighted by atomic mass is 10.2. The van der Waals surface area contributed by atoms with Gasteiger partial charge in [-0.25, -0.2) is 22.3 Å². The number of aromatic nitrogens is 2. The van der Waals surface area contributed by atoms with Crippen LogP contribution >= 0.6 is 0 Å². The minimum absolute atomic E-state index is 0.270. The van der Waals surface area contributed by atoms with Crippen LogP contribution < -0.4 is 4.57 Å². The molecule has 128 valence electrons. The highest BCUT2D eigenvalue weighted by atomic mass is 32.2. The molecule has 7 nitrogen and oxygen atoms in total. The number of esters is 1. The molecular formula is C11H17F3N2O5S. The first-order valence-electron chi connectivity index (χ1n) is 5.97. The Morgan fingerprint density at radius 2 is 1.91 bits per heavy atom. The highest BCUT2D eigenvalue weighted by Gasteiger charge is 2.36. The number of aryl methyl sites for hydroxylation is 2. The molecule has 0 aliphatic heterocycles. The number of halogens is 3. The topological polar surface area (TPSA) is 92.3 Å². The first-order chi connectivity index (χ1) is 9.77. The fourth-order valence-corrected chi connectivity index (χ4v) is 1.18. The van der Waals surface area contributed by atoms with Gasteiger partial charge in [0.1, 0.15) is 12.4 Å². The SMILES string of the molecule is CC(C)COC(=O)c1n(C)cc[n+]1C.O=S(=O)([O-])C(F)(F)F. The molecule has 0 fully saturated rings. The van der Waals surface area contributed by atoms with Crippen molar-refractivity contribution >= 4 is 16.1 Å². The van der Waals surface area contributed by atoms with E-state index in [1.165, 1.54) is 0 Å². The molecule has 1 aromatic heterocycles. The van der Waals surface area contributed by atoms with E-state index >= 15 is 0 Å². The van der Waals surface area contributed by atoms with Crippen molar-refractivity contribution in [2.75, 3.05) is 6.61 Å². The number of imidazole rings is 1. The molecule has 0 amide bonds. The minimum Gasteiger partial charge on any atom is -0.741 e. The second-order valence-corrected chi connectivity index (χ2v) is 6.11. The Hall–Kier alpha value is -1.62. The van der Waals surface area contributed by atoms with Crippen LogP contribution in [0, 0.1) is 5.92 Å². The molecule has 0 N–H and O–H groups in total. The van der Waals surface area contributed by atoms with Gasteiger partial charge in [-0.1, -0.05) is 13.8 Å². The predicted molar refractivity (Wildman–Crippen MR) is 67.5 cm³/mol. The molecule has 0 radical (unpaired) electrons. The normalized spacial score (nSPS) is 11.9. The van der Waals surface area contributed by atoms with Gasteiger partial charge in [0.2, 0.25) is 0 Å². The van der Waals surface area contributed by atoms with Gasteiger partial charge in [-0.15, -0.1) is 0 Å². The largest absolute Gasteiger partial charge is 0.741 e. The second-order valence-electron chi connectivity index (χ2n) is 4.74. The summed E-state index contributed by atoms with van der Waals surface area (Å²) in [6.07, 6.45) is 3.65. The van der Waals surface area contributed by atoms with Crippen LogP contribution in [0.25, 0.3) is 0 Å². The smallest absolute Gasteiger partial charge is 0.485 e. The van der Waals surface area contributed by atoms with Gasteiger partial charge in [-0.2, -0.15) is 13.2 Å². The molecule has 0 spiro atoms. The molecule has 0 saturated heterocycles. The number of hydrogen-bond acceptors (Lipinski definition) is 5. The van der Waals surface area contributed by atoms with Gasteiger partial charge in [0.15, 0.2) is 10.1 Å². The quantitative estimate of drug-likeness (QED) is 0.348. The molecule has 0 unspecified atom stereocenters. The van der Waals surface area contributed by atoms with E-state index in [1.807, 2.05) is 40.3 Å². The third kappa shape index (κ3) is 6.43. The van der Waals surface area contributed by atoms with Gasteiger partial charge < -0.3 is 9.29 Å². The van der Waals surface area contributed by atoms with Crippen LogP contribution in [0.1, 0.15) is 24.5 Å². The van der Waals surface area contributed by atoms with Crippen molar-refractivity contribution in [3.8, 4) is 0 Å². The third-order valence-electron chi connectivity index (χ3n) is 2.20. The molecule has 22 heavy (non-hydrogen) atoms. The van der Waals surface area contributed by atoms with Crippen LogP contribution in [0.3, 0.4) is 0 Å². The number of rotatable bonds is 3. The van der Waals surface area contributed by atoms with Crippen molar-refractivity contribution in [2.45, 2.75) is 19.4 Å². The van der Waals surface area contributed by atoms with Crippen LogP contribution in [0.5, 0.6) is 0 Å². The van der Waals surface area contributed by atoms with Crippen LogP contribution in [-0.4, -0.2) is 35.6 Å². The first-order valence-corrected chi connectivity index (χ1v) is 7.38. The van der Waals surface area contributed by atoms with Crippen LogP contribution in [0.15, 0.2) is 12.4 Å². The zero-order chi connectivity index (χ0) is 17.7. The zero-order valence-electron chi connectivity index (χ0n) is 12.4. The molecule has 1 aromatic rings. The lowest BCUT2D eigenvalue weighted by Gasteiger charge is -2.08. The maximum atomic E-state index is 11.6. The van der Waals surface area contributed by atoms with E-state index in [1.54, 1.807) is 9.13 Å². The standard InChI is InChI=1S/C10H17N2O2.CHF3O3S/c1-8(2)7-14-10(13)9-11(3)5-6-12(9)4;2-1(3,4)8(5,6)7/h5-6,8H,7H2,1-4H3;(H,5,6,7)/q+1;/p-1. The summed E-state index contributed by atoms with van der Waals surface area (Å²) in [5.41, 5.74) is -5.65. The van der Waals surface area contributed by atoms with Crippen molar-refractivity contribution < 1.29 is 40.2 Å². The Morgan fingerprint density at radius 3 is 2.18 bits per heavy atom. The number of ether oxygens (including phenoxy) is 1. The number of carbonyl (C=O) groups is 1. The lowest BCUT2D eigenvalue weighted by molar-refractivity contribution is -0.673. The van der Waals surface area contributed by atoms with Gasteiger partial charge >= 0.3 is 17.3 Å². The Morgan fingerprint density at radius 1 is 1.45 bits per heavy atom. The molecule has 0 aliphatic carbocycles. The third-order valence-corrected chi connectivity index (χ3v) is 2.76. The summed E-state index contributed by atoms with van der Waals surface area (Å²) in [6, 6.07) is 0. The van der Waals surface area contributed by atoms with E-state index in [9.17, 15) is 18.0 Å². The zero-order valence-corrected chi connectivity index (χ0v) is 13.2. The van der Waals surface area contributed by atoms with E-state index in [4.69, 9.17) is 17.7 Å². The Kier molecular flexibility index (Phi) is 7.03. The molecule has 0 atom stereocenters. The Balaban J connectivity index is 0.000000472. The average Bonchev–Trinajstić information content (AvgIpc) is 2.64. The summed E-state index contributed by atoms with van der Waals surface area (Å²) in [7, 11) is -2.44. The summed E-state index contributed by atoms with van der Waals surface area (Å²) in [4.78, 5) is 11.6. The van der Waals surface area contributed by atoms with Gasteiger partial charge in [-0.05, 0) is 5.92 Å². The summed E-state index contributed by atoms with van der Waals surface area (Å²) >= 11 is 0. The number of alkyl halides is 3. The van der Waals surface area contributed by atoms with Crippen molar-refractivity contribution in [1.82, 2.24) is 4.57 Å². The summed E-state index contributed by atoms with van der Waals surface area (Å²) < 4.78 is 67.5. The maximum Gasteiger partial charge on any atom is 0.485 e. The van der Waals surface area contributed by atoms with Crippen molar-refractivity contribution in [2.24, 2.45) is 20.0 Å². The Bertz CT molecular complexity index is 588. The predicted octanol–water partition coefficient (Wildman–Crippen LogP) is 0.714. The molecular weight excluding hydrogens is 329 g/mol. The first kappa shape index (κ1) is 20.4. The summed E-state index contributed by atoms with van der Waals surface area (Å²) in [6.45, 7) is 4.49. The molecule has 0 aromatic carbocycles. The number of nitrogens with zero attached hydrogens (tertiary/aromatic N) is 2. The summed E-state index contributed by atoms with van der Waals surface area (Å²) in [5, 5.41) is 0. The van der Waals surface area contributed by atoms with E-state index < -0.39 is 15.6 Å². The van der Waals surface area contributed by atoms with Gasteiger partial charge in [0, 0.05) is 0 Å². The molecule has 11 heteroatoms. The molecule has 0 aliphatic rings. The van der Waals surface area contributed by atoms with Crippen LogP contribution in [-0.2, 0) is 29.0 Å². The van der Waals surface area contributed by atoms with Gasteiger partial charge in [-0.3, -0.25) is 0 Å². The molecule has 1 rings (SSSR count). The van der Waals surface area contributed by atoms with Crippen molar-refractivity contribution in [3.05, 3.63) is 18.2 Å². The van der Waals surface area contributed by atoms with Crippen LogP contribution in [0.2, 0.25) is 0 Å². The molecule has 0 bridgehead atoms. The van der Waals surface area contributed by atoms with E-state index in [0.29, 0.717) is 18.3 Å². The number of hydrogen-bond donors (Lipinski definition) is 0. The highest BCUT2D eigenvalue weighted by molar-refractivity contribution is 7.86. The Labute approximate surface area is 126 Å². The van der Waals surface area contributed by atoms with Crippen molar-refractivity contribution in [1.29, 1.82) is 0 Å². The lowest BCUT2D eigenvalue weighted by Crippen LogP contribution is -2.36. The van der Waals surface area contributed by atoms with Crippen molar-refractivity contribution in [3.63, 3.8) is 0 Å². The van der Waals surface area contributed by atoms with Gasteiger partial charge in [0.25, 0.3) is 0 Å². The van der Waals surface area contributed by atoms with Gasteiger partial charge in [0.05, 0.1) is 20.7 Å². The minimum atomic E-state index is -6.09. The summed E-state index contributed by atoms with van der Waals surface area (Å²) in [5.74, 6) is 0.656. The van der Waals surface area contributed by atoms with E-state index in [2.05, 4.69) is 0 Å². The maximum absolute atomic E-state index is 11.6. The second kappa shape index (κ2) is 7.58. The number of carbonyl (C=O) groups excluding carboxylic acids is 1. The van der Waals surface area contributed by atoms with E-state index in [0.717, 1.165) is 0 Å². The van der Waals surface area contributed by atoms with E-state index in [-0.39, 0.29) is 5.97 Å². The molecule has 0 saturated carbocycles. The fourth-order valence-electron chi connectivity index (χ4n) is 1.18. The monoisotopic (exact) mass is 346 g/mol. The fraction of sp³-hybridized carbons (Fsp3) is 0.636. The molecule has 1 heterocycles.